The van der Waals surface area contributed by atoms with Crippen LogP contribution in [0.5, 0.6) is 0 Å². The molecule has 0 unspecified atom stereocenters. The predicted octanol–water partition coefficient (Wildman–Crippen LogP) is -0.714. The SMILES string of the molecule is OC1(Cc2ccn[nH]2)CNC1. The van der Waals surface area contributed by atoms with Gasteiger partial charge in [0.05, 0.1) is 5.60 Å². The average molecular weight is 153 g/mol. The molecule has 0 amide bonds. The van der Waals surface area contributed by atoms with E-state index < -0.39 is 5.60 Å². The standard InChI is InChI=1S/C7H11N3O/c11-7(4-8-5-7)3-6-1-2-9-10-6/h1-2,8,11H,3-5H2,(H,9,10). The first-order chi connectivity index (χ1) is 5.29. The molecule has 0 radical (unpaired) electrons. The number of aromatic amines is 1. The number of aromatic nitrogens is 2. The molecule has 0 saturated carbocycles. The summed E-state index contributed by atoms with van der Waals surface area (Å²) in [4.78, 5) is 0. The van der Waals surface area contributed by atoms with Gasteiger partial charge in [0.25, 0.3) is 0 Å². The van der Waals surface area contributed by atoms with Gasteiger partial charge in [-0.25, -0.2) is 0 Å². The Labute approximate surface area is 64.6 Å². The molecule has 2 rings (SSSR count). The zero-order valence-electron chi connectivity index (χ0n) is 6.17. The summed E-state index contributed by atoms with van der Waals surface area (Å²) >= 11 is 0. The van der Waals surface area contributed by atoms with Crippen LogP contribution in [0.4, 0.5) is 0 Å². The van der Waals surface area contributed by atoms with Crippen LogP contribution in [0.15, 0.2) is 12.3 Å². The van der Waals surface area contributed by atoms with Crippen LogP contribution in [-0.4, -0.2) is 34.0 Å². The Hall–Kier alpha value is -0.870. The maximum absolute atomic E-state index is 9.67. The second-order valence-corrected chi connectivity index (χ2v) is 3.09. The van der Waals surface area contributed by atoms with Crippen molar-refractivity contribution in [3.05, 3.63) is 18.0 Å². The molecule has 0 bridgehead atoms. The number of aliphatic hydroxyl groups is 1. The highest BCUT2D eigenvalue weighted by atomic mass is 16.3. The normalized spacial score (nSPS) is 21.2. The maximum Gasteiger partial charge on any atom is 0.0949 e. The van der Waals surface area contributed by atoms with Gasteiger partial charge in [-0.05, 0) is 6.07 Å². The van der Waals surface area contributed by atoms with Crippen molar-refractivity contribution in [3.8, 4) is 0 Å². The van der Waals surface area contributed by atoms with E-state index in [0.717, 1.165) is 5.69 Å². The van der Waals surface area contributed by atoms with Gasteiger partial charge in [-0.2, -0.15) is 5.10 Å². The number of rotatable bonds is 2. The summed E-state index contributed by atoms with van der Waals surface area (Å²) in [5, 5.41) is 19.3. The van der Waals surface area contributed by atoms with Gasteiger partial charge >= 0.3 is 0 Å². The molecule has 1 aromatic heterocycles. The Kier molecular flexibility index (Phi) is 1.44. The van der Waals surface area contributed by atoms with Gasteiger partial charge in [0, 0.05) is 31.4 Å². The minimum absolute atomic E-state index is 0.535. The number of H-pyrrole nitrogens is 1. The van der Waals surface area contributed by atoms with Gasteiger partial charge in [0.1, 0.15) is 0 Å². The molecule has 0 aliphatic carbocycles. The summed E-state index contributed by atoms with van der Waals surface area (Å²) in [6.07, 6.45) is 2.37. The number of nitrogens with zero attached hydrogens (tertiary/aromatic N) is 1. The zero-order chi connectivity index (χ0) is 7.73. The van der Waals surface area contributed by atoms with Crippen LogP contribution in [0.25, 0.3) is 0 Å². The first-order valence-corrected chi connectivity index (χ1v) is 3.70. The van der Waals surface area contributed by atoms with E-state index in [1.54, 1.807) is 6.20 Å². The topological polar surface area (TPSA) is 60.9 Å². The molecule has 0 atom stereocenters. The lowest BCUT2D eigenvalue weighted by Gasteiger charge is -2.37. The van der Waals surface area contributed by atoms with Gasteiger partial charge in [-0.15, -0.1) is 0 Å². The van der Waals surface area contributed by atoms with Crippen molar-refractivity contribution in [1.29, 1.82) is 0 Å². The summed E-state index contributed by atoms with van der Waals surface area (Å²) in [6.45, 7) is 1.37. The minimum Gasteiger partial charge on any atom is -0.387 e. The van der Waals surface area contributed by atoms with Crippen molar-refractivity contribution >= 4 is 0 Å². The van der Waals surface area contributed by atoms with Crippen LogP contribution >= 0.6 is 0 Å². The summed E-state index contributed by atoms with van der Waals surface area (Å²) in [5.74, 6) is 0. The summed E-state index contributed by atoms with van der Waals surface area (Å²) in [5.41, 5.74) is 0.459. The number of hydrogen-bond acceptors (Lipinski definition) is 3. The molecule has 0 aromatic carbocycles. The van der Waals surface area contributed by atoms with Gasteiger partial charge in [0.15, 0.2) is 0 Å². The van der Waals surface area contributed by atoms with Crippen LogP contribution < -0.4 is 5.32 Å². The van der Waals surface area contributed by atoms with Crippen molar-refractivity contribution in [2.75, 3.05) is 13.1 Å². The fourth-order valence-corrected chi connectivity index (χ4v) is 1.28. The van der Waals surface area contributed by atoms with Gasteiger partial charge in [0.2, 0.25) is 0 Å². The van der Waals surface area contributed by atoms with Crippen LogP contribution in [0.1, 0.15) is 5.69 Å². The van der Waals surface area contributed by atoms with Crippen molar-refractivity contribution < 1.29 is 5.11 Å². The van der Waals surface area contributed by atoms with Crippen molar-refractivity contribution in [2.24, 2.45) is 0 Å². The van der Waals surface area contributed by atoms with E-state index in [1.807, 2.05) is 6.07 Å². The van der Waals surface area contributed by atoms with Crippen LogP contribution in [0.3, 0.4) is 0 Å². The summed E-state index contributed by atoms with van der Waals surface area (Å²) in [7, 11) is 0. The second-order valence-electron chi connectivity index (χ2n) is 3.09. The number of β-amino-alcohol motifs (C(OH)–C–C–N with tert-alkyl or cyclic N) is 1. The third kappa shape index (κ3) is 1.27. The smallest absolute Gasteiger partial charge is 0.0949 e. The molecule has 2 heterocycles. The Morgan fingerprint density at radius 3 is 2.91 bits per heavy atom. The number of hydrogen-bond donors (Lipinski definition) is 3. The molecule has 4 nitrogen and oxygen atoms in total. The first-order valence-electron chi connectivity index (χ1n) is 3.70. The molecular weight excluding hydrogens is 142 g/mol. The third-order valence-electron chi connectivity index (χ3n) is 1.99. The van der Waals surface area contributed by atoms with E-state index in [0.29, 0.717) is 19.5 Å². The van der Waals surface area contributed by atoms with E-state index in [2.05, 4.69) is 15.5 Å². The quantitative estimate of drug-likeness (QED) is 0.526. The highest BCUT2D eigenvalue weighted by Crippen LogP contribution is 2.15. The molecule has 1 aromatic rings. The molecule has 60 valence electrons. The van der Waals surface area contributed by atoms with E-state index in [-0.39, 0.29) is 0 Å². The zero-order valence-corrected chi connectivity index (χ0v) is 6.17. The molecule has 11 heavy (non-hydrogen) atoms. The Morgan fingerprint density at radius 2 is 2.45 bits per heavy atom. The van der Waals surface area contributed by atoms with Gasteiger partial charge in [-0.1, -0.05) is 0 Å². The lowest BCUT2D eigenvalue weighted by molar-refractivity contribution is -0.00982. The van der Waals surface area contributed by atoms with Crippen molar-refractivity contribution in [3.63, 3.8) is 0 Å². The second kappa shape index (κ2) is 2.32. The van der Waals surface area contributed by atoms with Crippen LogP contribution in [0, 0.1) is 0 Å². The molecule has 3 N–H and O–H groups in total. The monoisotopic (exact) mass is 153 g/mol. The molecule has 1 aliphatic heterocycles. The lowest BCUT2D eigenvalue weighted by Crippen LogP contribution is -2.60. The lowest BCUT2D eigenvalue weighted by atomic mass is 9.92. The highest BCUT2D eigenvalue weighted by Gasteiger charge is 2.34. The predicted molar refractivity (Wildman–Crippen MR) is 40.1 cm³/mol. The largest absolute Gasteiger partial charge is 0.387 e. The summed E-state index contributed by atoms with van der Waals surface area (Å²) < 4.78 is 0. The fraction of sp³-hybridized carbons (Fsp3) is 0.571. The van der Waals surface area contributed by atoms with Crippen molar-refractivity contribution in [1.82, 2.24) is 15.5 Å². The van der Waals surface area contributed by atoms with E-state index >= 15 is 0 Å². The molecule has 4 heteroatoms. The molecule has 1 saturated heterocycles. The van der Waals surface area contributed by atoms with E-state index in [9.17, 15) is 5.11 Å². The van der Waals surface area contributed by atoms with Gasteiger partial charge in [-0.3, -0.25) is 5.10 Å². The van der Waals surface area contributed by atoms with Gasteiger partial charge < -0.3 is 10.4 Å². The van der Waals surface area contributed by atoms with Crippen LogP contribution in [-0.2, 0) is 6.42 Å². The Morgan fingerprint density at radius 1 is 1.64 bits per heavy atom. The maximum atomic E-state index is 9.67. The Balaban J connectivity index is 2.00. The molecule has 1 fully saturated rings. The Bertz CT molecular complexity index is 228. The van der Waals surface area contributed by atoms with E-state index in [4.69, 9.17) is 0 Å². The minimum atomic E-state index is -0.535. The molecule has 1 aliphatic rings. The average Bonchev–Trinajstić information content (AvgIpc) is 2.36. The van der Waals surface area contributed by atoms with Crippen molar-refractivity contribution in [2.45, 2.75) is 12.0 Å². The van der Waals surface area contributed by atoms with Crippen LogP contribution in [0.2, 0.25) is 0 Å². The van der Waals surface area contributed by atoms with E-state index in [1.165, 1.54) is 0 Å². The highest BCUT2D eigenvalue weighted by molar-refractivity contribution is 5.07. The first kappa shape index (κ1) is 6.82. The molecular formula is C7H11N3O. The third-order valence-corrected chi connectivity index (χ3v) is 1.99. The summed E-state index contributed by atoms with van der Waals surface area (Å²) in [6, 6.07) is 1.89. The number of nitrogens with one attached hydrogen (secondary N) is 2. The molecule has 0 spiro atoms. The fourth-order valence-electron chi connectivity index (χ4n) is 1.28.